The Labute approximate surface area is 193 Å². The maximum Gasteiger partial charge on any atom is 0.307 e. The SMILES string of the molecule is O=C(COC(=O)CCNS(=O)(=O)c1ccc2ccccc2c1)Nc1ccccc1SC(F)F. The van der Waals surface area contributed by atoms with Crippen molar-refractivity contribution < 1.29 is 31.5 Å². The molecule has 0 aliphatic carbocycles. The van der Waals surface area contributed by atoms with E-state index >= 15 is 0 Å². The minimum absolute atomic E-state index is 0.0641. The quantitative estimate of drug-likeness (QED) is 0.326. The molecule has 7 nitrogen and oxygen atoms in total. The van der Waals surface area contributed by atoms with Gasteiger partial charge in [0.1, 0.15) is 0 Å². The van der Waals surface area contributed by atoms with Gasteiger partial charge in [-0.25, -0.2) is 13.1 Å². The molecule has 3 rings (SSSR count). The van der Waals surface area contributed by atoms with Gasteiger partial charge in [0, 0.05) is 11.4 Å². The molecule has 0 aliphatic heterocycles. The molecule has 2 N–H and O–H groups in total. The van der Waals surface area contributed by atoms with Crippen molar-refractivity contribution in [3.8, 4) is 0 Å². The lowest BCUT2D eigenvalue weighted by molar-refractivity contribution is -0.147. The van der Waals surface area contributed by atoms with Crippen molar-refractivity contribution in [2.75, 3.05) is 18.5 Å². The first kappa shape index (κ1) is 24.6. The number of halogens is 2. The van der Waals surface area contributed by atoms with Crippen LogP contribution in [0, 0.1) is 0 Å². The Morgan fingerprint density at radius 3 is 2.42 bits per heavy atom. The summed E-state index contributed by atoms with van der Waals surface area (Å²) < 4.78 is 57.3. The number of anilines is 1. The molecule has 1 amide bonds. The number of carbonyl (C=O) groups is 2. The van der Waals surface area contributed by atoms with Crippen molar-refractivity contribution in [2.45, 2.75) is 22.0 Å². The molecule has 0 atom stereocenters. The van der Waals surface area contributed by atoms with E-state index in [2.05, 4.69) is 10.0 Å². The van der Waals surface area contributed by atoms with Gasteiger partial charge in [0.15, 0.2) is 6.61 Å². The zero-order valence-electron chi connectivity index (χ0n) is 17.2. The van der Waals surface area contributed by atoms with Crippen molar-refractivity contribution in [1.82, 2.24) is 4.72 Å². The second kappa shape index (κ2) is 11.2. The predicted octanol–water partition coefficient (Wildman–Crippen LogP) is 4.00. The van der Waals surface area contributed by atoms with E-state index in [9.17, 15) is 26.8 Å². The molecule has 0 heterocycles. The van der Waals surface area contributed by atoms with Gasteiger partial charge >= 0.3 is 5.97 Å². The third-order valence-electron chi connectivity index (χ3n) is 4.39. The van der Waals surface area contributed by atoms with Gasteiger partial charge in [-0.15, -0.1) is 0 Å². The minimum atomic E-state index is -3.83. The molecule has 0 fully saturated rings. The van der Waals surface area contributed by atoms with E-state index in [1.807, 2.05) is 12.1 Å². The highest BCUT2D eigenvalue weighted by atomic mass is 32.2. The summed E-state index contributed by atoms with van der Waals surface area (Å²) in [4.78, 5) is 24.1. The van der Waals surface area contributed by atoms with Crippen LogP contribution in [0.5, 0.6) is 0 Å². The van der Waals surface area contributed by atoms with Crippen LogP contribution in [-0.4, -0.2) is 39.2 Å². The van der Waals surface area contributed by atoms with Gasteiger partial charge in [-0.2, -0.15) is 8.78 Å². The number of ether oxygens (including phenoxy) is 1. The standard InChI is InChI=1S/C22H20F2N2O5S2/c23-22(24)32-19-8-4-3-7-18(19)26-20(27)14-31-21(28)11-12-25-33(29,30)17-10-9-15-5-1-2-6-16(15)13-17/h1-10,13,22,25H,11-12,14H2,(H,26,27). The van der Waals surface area contributed by atoms with Crippen molar-refractivity contribution >= 4 is 50.1 Å². The number of esters is 1. The van der Waals surface area contributed by atoms with E-state index in [0.29, 0.717) is 0 Å². The van der Waals surface area contributed by atoms with E-state index in [1.54, 1.807) is 30.3 Å². The highest BCUT2D eigenvalue weighted by Gasteiger charge is 2.16. The molecule has 11 heteroatoms. The highest BCUT2D eigenvalue weighted by Crippen LogP contribution is 2.31. The molecule has 0 bridgehead atoms. The zero-order chi connectivity index (χ0) is 23.8. The van der Waals surface area contributed by atoms with Crippen LogP contribution in [0.1, 0.15) is 6.42 Å². The summed E-state index contributed by atoms with van der Waals surface area (Å²) in [5.41, 5.74) is 0.173. The smallest absolute Gasteiger partial charge is 0.307 e. The van der Waals surface area contributed by atoms with E-state index in [-0.39, 0.29) is 40.2 Å². The summed E-state index contributed by atoms with van der Waals surface area (Å²) >= 11 is 0.282. The third kappa shape index (κ3) is 7.24. The molecular formula is C22H20F2N2O5S2. The molecule has 0 saturated carbocycles. The number of benzene rings is 3. The summed E-state index contributed by atoms with van der Waals surface area (Å²) in [5.74, 6) is -4.15. The number of rotatable bonds is 10. The van der Waals surface area contributed by atoms with Crippen LogP contribution in [0.4, 0.5) is 14.5 Å². The topological polar surface area (TPSA) is 102 Å². The van der Waals surface area contributed by atoms with Gasteiger partial charge < -0.3 is 10.1 Å². The number of sulfonamides is 1. The molecule has 33 heavy (non-hydrogen) atoms. The second-order valence-corrected chi connectivity index (χ2v) is 9.54. The van der Waals surface area contributed by atoms with Gasteiger partial charge in [-0.1, -0.05) is 54.2 Å². The Kier molecular flexibility index (Phi) is 8.37. The minimum Gasteiger partial charge on any atom is -0.456 e. The monoisotopic (exact) mass is 494 g/mol. The Balaban J connectivity index is 1.46. The Morgan fingerprint density at radius 2 is 1.67 bits per heavy atom. The summed E-state index contributed by atoms with van der Waals surface area (Å²) in [6, 6.07) is 18.0. The normalized spacial score (nSPS) is 11.5. The Morgan fingerprint density at radius 1 is 0.970 bits per heavy atom. The van der Waals surface area contributed by atoms with Crippen LogP contribution < -0.4 is 10.0 Å². The molecule has 0 aromatic heterocycles. The molecular weight excluding hydrogens is 474 g/mol. The number of hydrogen-bond acceptors (Lipinski definition) is 6. The lowest BCUT2D eigenvalue weighted by atomic mass is 10.1. The van der Waals surface area contributed by atoms with Crippen molar-refractivity contribution in [3.05, 3.63) is 66.7 Å². The number of nitrogens with one attached hydrogen (secondary N) is 2. The van der Waals surface area contributed by atoms with Gasteiger partial charge in [-0.3, -0.25) is 9.59 Å². The fourth-order valence-corrected chi connectivity index (χ4v) is 4.54. The second-order valence-electron chi connectivity index (χ2n) is 6.74. The number of thioether (sulfide) groups is 1. The molecule has 174 valence electrons. The van der Waals surface area contributed by atoms with Crippen LogP contribution in [0.25, 0.3) is 10.8 Å². The van der Waals surface area contributed by atoms with Gasteiger partial charge in [0.05, 0.1) is 17.0 Å². The molecule has 0 saturated heterocycles. The number of para-hydroxylation sites is 1. The van der Waals surface area contributed by atoms with E-state index in [1.165, 1.54) is 24.3 Å². The summed E-state index contributed by atoms with van der Waals surface area (Å²) in [6.07, 6.45) is -0.294. The fraction of sp³-hybridized carbons (Fsp3) is 0.182. The van der Waals surface area contributed by atoms with Crippen LogP contribution in [0.2, 0.25) is 0 Å². The molecule has 3 aromatic carbocycles. The van der Waals surface area contributed by atoms with Crippen LogP contribution in [0.3, 0.4) is 0 Å². The zero-order valence-corrected chi connectivity index (χ0v) is 18.8. The summed E-state index contributed by atoms with van der Waals surface area (Å²) in [6.45, 7) is -0.854. The summed E-state index contributed by atoms with van der Waals surface area (Å²) in [5, 5.41) is 4.07. The van der Waals surface area contributed by atoms with Gasteiger partial charge in [0.2, 0.25) is 10.0 Å². The number of fused-ring (bicyclic) bond motifs is 1. The van der Waals surface area contributed by atoms with Crippen LogP contribution in [0.15, 0.2) is 76.5 Å². The first-order valence-corrected chi connectivity index (χ1v) is 12.1. The predicted molar refractivity (Wildman–Crippen MR) is 122 cm³/mol. The number of amides is 1. The van der Waals surface area contributed by atoms with Crippen molar-refractivity contribution in [2.24, 2.45) is 0 Å². The highest BCUT2D eigenvalue weighted by molar-refractivity contribution is 7.99. The largest absolute Gasteiger partial charge is 0.456 e. The van der Waals surface area contributed by atoms with Crippen LogP contribution >= 0.6 is 11.8 Å². The first-order chi connectivity index (χ1) is 15.7. The Hall–Kier alpha value is -3.02. The van der Waals surface area contributed by atoms with Crippen LogP contribution in [-0.2, 0) is 24.3 Å². The lowest BCUT2D eigenvalue weighted by Gasteiger charge is -2.11. The molecule has 0 aliphatic rings. The van der Waals surface area contributed by atoms with Gasteiger partial charge in [0.25, 0.3) is 11.7 Å². The van der Waals surface area contributed by atoms with E-state index in [0.717, 1.165) is 10.8 Å². The summed E-state index contributed by atoms with van der Waals surface area (Å²) in [7, 11) is -3.83. The molecule has 0 spiro atoms. The Bertz CT molecular complexity index is 1250. The average Bonchev–Trinajstić information content (AvgIpc) is 2.78. The van der Waals surface area contributed by atoms with Gasteiger partial charge in [-0.05, 0) is 35.0 Å². The molecule has 3 aromatic rings. The average molecular weight is 495 g/mol. The molecule has 0 unspecified atom stereocenters. The van der Waals surface area contributed by atoms with E-state index < -0.39 is 34.3 Å². The number of carbonyl (C=O) groups excluding carboxylic acids is 2. The molecule has 0 radical (unpaired) electrons. The third-order valence-corrected chi connectivity index (χ3v) is 6.64. The lowest BCUT2D eigenvalue weighted by Crippen LogP contribution is -2.28. The number of alkyl halides is 2. The van der Waals surface area contributed by atoms with Crippen molar-refractivity contribution in [1.29, 1.82) is 0 Å². The first-order valence-electron chi connectivity index (χ1n) is 9.72. The van der Waals surface area contributed by atoms with E-state index in [4.69, 9.17) is 4.74 Å². The van der Waals surface area contributed by atoms with Crippen molar-refractivity contribution in [3.63, 3.8) is 0 Å². The maximum atomic E-state index is 12.6. The fourth-order valence-electron chi connectivity index (χ4n) is 2.88. The maximum absolute atomic E-state index is 12.6. The number of hydrogen-bond donors (Lipinski definition) is 2.